The second-order valence-corrected chi connectivity index (χ2v) is 3.56. The first-order valence-corrected chi connectivity index (χ1v) is 4.90. The van der Waals surface area contributed by atoms with Gasteiger partial charge in [-0.15, -0.1) is 0 Å². The number of hydrogen-bond donors (Lipinski definition) is 2. The third-order valence-electron chi connectivity index (χ3n) is 2.23. The maximum Gasteiger partial charge on any atom is 0.126 e. The van der Waals surface area contributed by atoms with Gasteiger partial charge in [0.1, 0.15) is 11.6 Å². The third-order valence-corrected chi connectivity index (χ3v) is 2.23. The van der Waals surface area contributed by atoms with E-state index < -0.39 is 0 Å². The van der Waals surface area contributed by atoms with Crippen molar-refractivity contribution in [2.24, 2.45) is 0 Å². The molecule has 1 heterocycles. The number of nitrogen functional groups attached to an aromatic ring is 1. The van der Waals surface area contributed by atoms with Crippen molar-refractivity contribution in [3.05, 3.63) is 47.9 Å². The zero-order valence-corrected chi connectivity index (χ0v) is 8.87. The van der Waals surface area contributed by atoms with Gasteiger partial charge in [0.25, 0.3) is 0 Å². The zero-order valence-electron chi connectivity index (χ0n) is 8.87. The van der Waals surface area contributed by atoms with Crippen LogP contribution in [-0.4, -0.2) is 4.98 Å². The molecule has 3 N–H and O–H groups in total. The van der Waals surface area contributed by atoms with Crippen LogP contribution >= 0.6 is 0 Å². The average molecular weight is 217 g/mol. The van der Waals surface area contributed by atoms with Gasteiger partial charge in [0.05, 0.1) is 11.9 Å². The van der Waals surface area contributed by atoms with Crippen LogP contribution in [0.15, 0.2) is 36.5 Å². The minimum atomic E-state index is -0.207. The topological polar surface area (TPSA) is 50.9 Å². The molecule has 0 aliphatic heterocycles. The quantitative estimate of drug-likeness (QED) is 0.813. The largest absolute Gasteiger partial charge is 0.384 e. The van der Waals surface area contributed by atoms with E-state index in [4.69, 9.17) is 5.73 Å². The molecule has 0 aliphatic rings. The summed E-state index contributed by atoms with van der Waals surface area (Å²) in [6.45, 7) is 1.72. The van der Waals surface area contributed by atoms with E-state index in [0.29, 0.717) is 11.4 Å². The van der Waals surface area contributed by atoms with E-state index in [9.17, 15) is 4.39 Å². The van der Waals surface area contributed by atoms with Gasteiger partial charge >= 0.3 is 0 Å². The van der Waals surface area contributed by atoms with E-state index >= 15 is 0 Å². The maximum absolute atomic E-state index is 13.0. The lowest BCUT2D eigenvalue weighted by Gasteiger charge is -2.07. The summed E-state index contributed by atoms with van der Waals surface area (Å²) < 4.78 is 13.0. The lowest BCUT2D eigenvalue weighted by molar-refractivity contribution is 0.619. The fourth-order valence-corrected chi connectivity index (χ4v) is 1.37. The standard InChI is InChI=1S/C12H12FN3/c1-8-6-9(2-4-11(8)13)16-10-3-5-12(14)15-7-10/h2-7,16H,1H3,(H2,14,15). The van der Waals surface area contributed by atoms with E-state index in [1.807, 2.05) is 6.07 Å². The number of anilines is 3. The van der Waals surface area contributed by atoms with Crippen LogP contribution in [0.4, 0.5) is 21.6 Å². The third kappa shape index (κ3) is 2.28. The van der Waals surface area contributed by atoms with Crippen LogP contribution < -0.4 is 11.1 Å². The average Bonchev–Trinajstić information content (AvgIpc) is 2.27. The minimum absolute atomic E-state index is 0.207. The number of benzene rings is 1. The Bertz CT molecular complexity index is 494. The predicted molar refractivity (Wildman–Crippen MR) is 63.1 cm³/mol. The number of nitrogens with zero attached hydrogens (tertiary/aromatic N) is 1. The van der Waals surface area contributed by atoms with Crippen LogP contribution in [0.25, 0.3) is 0 Å². The highest BCUT2D eigenvalue weighted by Crippen LogP contribution is 2.18. The highest BCUT2D eigenvalue weighted by molar-refractivity contribution is 5.60. The van der Waals surface area contributed by atoms with Crippen LogP contribution in [0, 0.1) is 12.7 Å². The molecule has 0 atom stereocenters. The molecule has 2 aromatic rings. The Labute approximate surface area is 93.1 Å². The summed E-state index contributed by atoms with van der Waals surface area (Å²) >= 11 is 0. The molecule has 3 nitrogen and oxygen atoms in total. The molecule has 0 aliphatic carbocycles. The van der Waals surface area contributed by atoms with Crippen LogP contribution in [0.5, 0.6) is 0 Å². The Morgan fingerprint density at radius 3 is 2.56 bits per heavy atom. The molecule has 0 radical (unpaired) electrons. The molecule has 2 rings (SSSR count). The fourth-order valence-electron chi connectivity index (χ4n) is 1.37. The Kier molecular flexibility index (Phi) is 2.72. The number of rotatable bonds is 2. The summed E-state index contributed by atoms with van der Waals surface area (Å²) in [4.78, 5) is 3.96. The molecule has 0 fully saturated rings. The van der Waals surface area contributed by atoms with Gasteiger partial charge in [-0.2, -0.15) is 0 Å². The van der Waals surface area contributed by atoms with E-state index in [-0.39, 0.29) is 5.82 Å². The monoisotopic (exact) mass is 217 g/mol. The van der Waals surface area contributed by atoms with E-state index in [1.54, 1.807) is 31.3 Å². The van der Waals surface area contributed by atoms with Gasteiger partial charge in [-0.1, -0.05) is 0 Å². The van der Waals surface area contributed by atoms with Crippen LogP contribution in [-0.2, 0) is 0 Å². The van der Waals surface area contributed by atoms with Crippen molar-refractivity contribution >= 4 is 17.2 Å². The van der Waals surface area contributed by atoms with Crippen molar-refractivity contribution in [1.82, 2.24) is 4.98 Å². The number of hydrogen-bond acceptors (Lipinski definition) is 3. The molecule has 0 saturated heterocycles. The van der Waals surface area contributed by atoms with Crippen molar-refractivity contribution in [3.63, 3.8) is 0 Å². The second kappa shape index (κ2) is 4.18. The van der Waals surface area contributed by atoms with Crippen molar-refractivity contribution in [2.45, 2.75) is 6.92 Å². The molecule has 1 aromatic carbocycles. The van der Waals surface area contributed by atoms with E-state index in [0.717, 1.165) is 11.4 Å². The SMILES string of the molecule is Cc1cc(Nc2ccc(N)nc2)ccc1F. The van der Waals surface area contributed by atoms with Crippen LogP contribution in [0.3, 0.4) is 0 Å². The molecule has 0 unspecified atom stereocenters. The van der Waals surface area contributed by atoms with Gasteiger partial charge in [0, 0.05) is 5.69 Å². The summed E-state index contributed by atoms with van der Waals surface area (Å²) in [5.41, 5.74) is 7.72. The van der Waals surface area contributed by atoms with Crippen LogP contribution in [0.2, 0.25) is 0 Å². The number of pyridine rings is 1. The summed E-state index contributed by atoms with van der Waals surface area (Å²) in [5, 5.41) is 3.11. The molecular formula is C12H12FN3. The summed E-state index contributed by atoms with van der Waals surface area (Å²) in [6, 6.07) is 8.38. The Hall–Kier alpha value is -2.10. The lowest BCUT2D eigenvalue weighted by Crippen LogP contribution is -1.94. The maximum atomic E-state index is 13.0. The van der Waals surface area contributed by atoms with Crippen molar-refractivity contribution < 1.29 is 4.39 Å². The van der Waals surface area contributed by atoms with Crippen molar-refractivity contribution in [3.8, 4) is 0 Å². The van der Waals surface area contributed by atoms with E-state index in [2.05, 4.69) is 10.3 Å². The molecule has 0 amide bonds. The Balaban J connectivity index is 2.20. The fraction of sp³-hybridized carbons (Fsp3) is 0.0833. The summed E-state index contributed by atoms with van der Waals surface area (Å²) in [5.74, 6) is 0.266. The summed E-state index contributed by atoms with van der Waals surface area (Å²) in [6.07, 6.45) is 1.63. The first-order valence-electron chi connectivity index (χ1n) is 4.90. The van der Waals surface area contributed by atoms with Crippen molar-refractivity contribution in [1.29, 1.82) is 0 Å². The lowest BCUT2D eigenvalue weighted by atomic mass is 10.2. The molecule has 82 valence electrons. The molecule has 0 bridgehead atoms. The first kappa shape index (κ1) is 10.4. The van der Waals surface area contributed by atoms with E-state index in [1.165, 1.54) is 6.07 Å². The van der Waals surface area contributed by atoms with Gasteiger partial charge in [-0.3, -0.25) is 0 Å². The first-order chi connectivity index (χ1) is 7.65. The van der Waals surface area contributed by atoms with Gasteiger partial charge < -0.3 is 11.1 Å². The highest BCUT2D eigenvalue weighted by Gasteiger charge is 1.99. The molecule has 0 saturated carbocycles. The molecular weight excluding hydrogens is 205 g/mol. The summed E-state index contributed by atoms with van der Waals surface area (Å²) in [7, 11) is 0. The van der Waals surface area contributed by atoms with Gasteiger partial charge in [0.15, 0.2) is 0 Å². The number of halogens is 1. The Morgan fingerprint density at radius 2 is 1.94 bits per heavy atom. The minimum Gasteiger partial charge on any atom is -0.384 e. The molecule has 0 spiro atoms. The molecule has 1 aromatic heterocycles. The van der Waals surface area contributed by atoms with Gasteiger partial charge in [-0.05, 0) is 42.8 Å². The van der Waals surface area contributed by atoms with Gasteiger partial charge in [0.2, 0.25) is 0 Å². The van der Waals surface area contributed by atoms with Crippen LogP contribution in [0.1, 0.15) is 5.56 Å². The second-order valence-electron chi connectivity index (χ2n) is 3.56. The number of aryl methyl sites for hydroxylation is 1. The van der Waals surface area contributed by atoms with Gasteiger partial charge in [-0.25, -0.2) is 9.37 Å². The Morgan fingerprint density at radius 1 is 1.19 bits per heavy atom. The predicted octanol–water partition coefficient (Wildman–Crippen LogP) is 2.85. The smallest absolute Gasteiger partial charge is 0.126 e. The number of nitrogens with one attached hydrogen (secondary N) is 1. The van der Waals surface area contributed by atoms with Crippen molar-refractivity contribution in [2.75, 3.05) is 11.1 Å². The zero-order chi connectivity index (χ0) is 11.5. The number of nitrogens with two attached hydrogens (primary N) is 1. The highest BCUT2D eigenvalue weighted by atomic mass is 19.1. The normalized spacial score (nSPS) is 10.1. The number of aromatic nitrogens is 1. The molecule has 16 heavy (non-hydrogen) atoms. The molecule has 4 heteroatoms.